The van der Waals surface area contributed by atoms with E-state index >= 15 is 8.63 Å². The molecule has 9 heterocycles. The zero-order valence-electron chi connectivity index (χ0n) is 53.2. The van der Waals surface area contributed by atoms with Gasteiger partial charge in [-0.1, -0.05) is 70.1 Å². The first kappa shape index (κ1) is 66.1. The molecule has 88 heavy (non-hydrogen) atoms. The molecule has 5 fully saturated rings. The van der Waals surface area contributed by atoms with Crippen molar-refractivity contribution in [3.8, 4) is 0 Å². The lowest BCUT2D eigenvalue weighted by Gasteiger charge is -2.55. The van der Waals surface area contributed by atoms with Gasteiger partial charge in [0.05, 0.1) is 49.1 Å². The number of rotatable bonds is 16. The third-order valence-electron chi connectivity index (χ3n) is 20.3. The molecule has 0 aromatic carbocycles. The van der Waals surface area contributed by atoms with E-state index < -0.39 is 115 Å². The van der Waals surface area contributed by atoms with Crippen LogP contribution in [0.15, 0.2) is 82.2 Å². The Kier molecular flexibility index (Phi) is 19.8. The molecule has 19 atom stereocenters. The molecule has 5 saturated heterocycles. The third-order valence-corrected chi connectivity index (χ3v) is 20.3. The molecule has 2 N–H and O–H groups in total. The highest BCUT2D eigenvalue weighted by Crippen LogP contribution is 2.52. The predicted octanol–water partition coefficient (Wildman–Crippen LogP) is 10.1. The minimum absolute atomic E-state index is 0.000335. The highest BCUT2D eigenvalue weighted by Gasteiger charge is 2.61. The second kappa shape index (κ2) is 26.4. The summed E-state index contributed by atoms with van der Waals surface area (Å²) in [6.45, 7) is 16.3. The van der Waals surface area contributed by atoms with Crippen molar-refractivity contribution >= 4 is 30.7 Å². The Labute approximate surface area is 515 Å². The molecule has 1 aliphatic carbocycles. The monoisotopic (exact) mass is 1230 g/mol. The Hall–Kier alpha value is -4.88. The number of methoxy groups -OCH3 is 2. The van der Waals surface area contributed by atoms with Crippen LogP contribution in [0.4, 0.5) is 8.63 Å². The Morgan fingerprint density at radius 1 is 1.00 bits per heavy atom. The SMILES string of the molecule is CCC(C)(C)[C@H]1O[C@]2(CC[C@@H]1C)C[C@@H]1C[C@@](C)(C/C=C(\C)[C@@H](O[C@H]3C[C@H](OC)[C@@H](O[C@H]4C[C@H](OC)[C@@H](OC(=O)CCC5=[N+]6C(=Cc7ccc(CCCN=[N+]=[N-])n7[B-]6(F)F)C=C5)[C@H](C)O4)[C@H](C)O3)[C@@H](C)/C=C/C=C3\CO[C@@H]4[C@H](O)C(C)=C[C@@H](C(=O)O1)[C@]34O)O2. The summed E-state index contributed by atoms with van der Waals surface area (Å²) in [5, 5.41) is 27.6. The van der Waals surface area contributed by atoms with E-state index in [0.717, 1.165) is 27.4 Å². The van der Waals surface area contributed by atoms with Gasteiger partial charge in [0.1, 0.15) is 47.8 Å². The Bertz CT molecular complexity index is 3050. The van der Waals surface area contributed by atoms with E-state index in [1.54, 1.807) is 63.5 Å². The summed E-state index contributed by atoms with van der Waals surface area (Å²) in [4.78, 5) is 31.0. The standard InChI is InChI=1S/C65H92BF2N5O15/c1-13-62(8,9)59-39(4)26-28-64(87-59)35-48-34-63(10,88-64)27-25-38(3)56(37(2)16-14-17-43-36-80-60-55(75)40(5)30-49(61(76)83-48)65(43,60)77)85-53-33-51(79-12)58(42(7)82-53)86-54-32-50(78-11)57(41(6)81-54)84-52(74)24-23-45-20-22-47-31-46-21-19-44(18-15-29-70-71-69)72(46)66(67,68)73(45)47/h14,16-17,19-22,25,30-31,37,39,41-42,48-51,53-60,75,77H,13,15,18,23-24,26-29,32-36H2,1-12H3/b16-14+,38-25+,43-17+/t37-,39-,41-,42-,48-,49-,50-,51-,53-,54-,55+,56-,57-,58-,59-,60+,63+,64-,65+/m0/s1. The maximum Gasteiger partial charge on any atom is 0.737 e. The Balaban J connectivity index is 0.821. The molecule has 2 bridgehead atoms. The highest BCUT2D eigenvalue weighted by molar-refractivity contribution is 6.58. The lowest BCUT2D eigenvalue weighted by molar-refractivity contribution is -0.367. The molecule has 0 saturated carbocycles. The first-order chi connectivity index (χ1) is 41.8. The molecular weight excluding hydrogens is 1140 g/mol. The van der Waals surface area contributed by atoms with Crippen molar-refractivity contribution < 1.29 is 85.0 Å². The highest BCUT2D eigenvalue weighted by atomic mass is 19.2. The van der Waals surface area contributed by atoms with Crippen LogP contribution in [0.3, 0.4) is 0 Å². The number of nitrogens with zero attached hydrogens (tertiary/aromatic N) is 5. The van der Waals surface area contributed by atoms with Gasteiger partial charge >= 0.3 is 18.9 Å². The number of allylic oxidation sites excluding steroid dienone is 4. The van der Waals surface area contributed by atoms with Crippen LogP contribution in [0.2, 0.25) is 0 Å². The topological polar surface area (TPSA) is 233 Å². The third kappa shape index (κ3) is 13.1. The average molecular weight is 1230 g/mol. The zero-order valence-corrected chi connectivity index (χ0v) is 53.2. The molecule has 1 aromatic heterocycles. The molecule has 0 unspecified atom stereocenters. The van der Waals surface area contributed by atoms with E-state index in [4.69, 9.17) is 57.6 Å². The molecule has 9 aliphatic rings. The number of carbonyl (C=O) groups excluding carboxylic acids is 2. The summed E-state index contributed by atoms with van der Waals surface area (Å²) in [7, 11) is 3.14. The van der Waals surface area contributed by atoms with Gasteiger partial charge in [0.25, 0.3) is 0 Å². The van der Waals surface area contributed by atoms with Gasteiger partial charge in [-0.2, -0.15) is 0 Å². The molecule has 20 nitrogen and oxygen atoms in total. The number of hydrogen-bond acceptors (Lipinski definition) is 16. The van der Waals surface area contributed by atoms with E-state index in [1.165, 1.54) is 7.11 Å². The lowest BCUT2D eigenvalue weighted by atomic mass is 9.70. The van der Waals surface area contributed by atoms with Crippen molar-refractivity contribution in [2.24, 2.45) is 28.3 Å². The van der Waals surface area contributed by atoms with E-state index in [-0.39, 0.29) is 61.5 Å². The van der Waals surface area contributed by atoms with Crippen LogP contribution in [0.25, 0.3) is 16.5 Å². The smallest absolute Gasteiger partial charge is 0.462 e. The molecule has 0 radical (unpaired) electrons. The number of fused-ring (bicyclic) bond motifs is 4. The molecule has 0 amide bonds. The largest absolute Gasteiger partial charge is 0.737 e. The number of ether oxygens (including phenoxy) is 11. The molecule has 23 heteroatoms. The first-order valence-corrected chi connectivity index (χ1v) is 31.8. The van der Waals surface area contributed by atoms with Crippen LogP contribution in [0, 0.1) is 23.2 Å². The van der Waals surface area contributed by atoms with Crippen LogP contribution in [0.1, 0.15) is 151 Å². The van der Waals surface area contributed by atoms with Crippen molar-refractivity contribution in [1.82, 2.24) is 4.48 Å². The molecule has 10 rings (SSSR count). The first-order valence-electron chi connectivity index (χ1n) is 31.8. The van der Waals surface area contributed by atoms with Gasteiger partial charge in [0.2, 0.25) is 0 Å². The number of azide groups is 1. The van der Waals surface area contributed by atoms with Crippen molar-refractivity contribution in [3.63, 3.8) is 0 Å². The van der Waals surface area contributed by atoms with E-state index in [0.29, 0.717) is 73.2 Å². The van der Waals surface area contributed by atoms with Crippen LogP contribution in [-0.4, -0.2) is 168 Å². The molecule has 8 aliphatic heterocycles. The van der Waals surface area contributed by atoms with Gasteiger partial charge in [0.15, 0.2) is 30.2 Å². The second-order valence-corrected chi connectivity index (χ2v) is 27.0. The lowest BCUT2D eigenvalue weighted by Crippen LogP contribution is -2.60. The normalized spacial score (nSPS) is 40.6. The fourth-order valence-electron chi connectivity index (χ4n) is 15.1. The summed E-state index contributed by atoms with van der Waals surface area (Å²) >= 11 is 0. The maximum atomic E-state index is 16.4. The molecule has 484 valence electrons. The number of aryl methyl sites for hydroxylation is 1. The second-order valence-electron chi connectivity index (χ2n) is 27.0. The number of aliphatic hydroxyl groups is 2. The number of aliphatic hydroxyl groups excluding tert-OH is 1. The molecule has 1 spiro atoms. The summed E-state index contributed by atoms with van der Waals surface area (Å²) in [5.41, 5.74) is 9.06. The fourth-order valence-corrected chi connectivity index (χ4v) is 15.1. The predicted molar refractivity (Wildman–Crippen MR) is 322 cm³/mol. The van der Waals surface area contributed by atoms with E-state index in [2.05, 4.69) is 43.8 Å². The van der Waals surface area contributed by atoms with Crippen LogP contribution < -0.4 is 0 Å². The number of esters is 2. The van der Waals surface area contributed by atoms with Crippen molar-refractivity contribution in [3.05, 3.63) is 98.9 Å². The van der Waals surface area contributed by atoms with Crippen molar-refractivity contribution in [1.29, 1.82) is 0 Å². The van der Waals surface area contributed by atoms with Crippen molar-refractivity contribution in [2.45, 2.75) is 243 Å². The Morgan fingerprint density at radius 2 is 1.72 bits per heavy atom. The summed E-state index contributed by atoms with van der Waals surface area (Å²) in [6, 6.07) is 3.33. The maximum absolute atomic E-state index is 16.4. The molecular formula is C65H92BF2N5O15. The summed E-state index contributed by atoms with van der Waals surface area (Å²) in [6.07, 6.45) is 9.89. The van der Waals surface area contributed by atoms with Gasteiger partial charge in [0, 0.05) is 94.0 Å². The van der Waals surface area contributed by atoms with Gasteiger partial charge < -0.3 is 79.9 Å². The average Bonchev–Trinajstić information content (AvgIpc) is 1.54. The minimum Gasteiger partial charge on any atom is -0.462 e. The zero-order chi connectivity index (χ0) is 63.3. The number of aromatic nitrogens is 1. The summed E-state index contributed by atoms with van der Waals surface area (Å²) < 4.78 is 107. The van der Waals surface area contributed by atoms with Gasteiger partial charge in [-0.05, 0) is 118 Å². The van der Waals surface area contributed by atoms with Gasteiger partial charge in [-0.15, -0.1) is 0 Å². The van der Waals surface area contributed by atoms with Crippen molar-refractivity contribution in [2.75, 3.05) is 27.4 Å². The Morgan fingerprint density at radius 3 is 2.43 bits per heavy atom. The molecule has 1 aromatic rings. The van der Waals surface area contributed by atoms with Gasteiger partial charge in [-0.25, -0.2) is 0 Å². The number of halogens is 2. The van der Waals surface area contributed by atoms with E-state index in [9.17, 15) is 19.8 Å². The number of hydrogen-bond donors (Lipinski definition) is 2. The fraction of sp³-hybridized carbons (Fsp3) is 0.708. The van der Waals surface area contributed by atoms with E-state index in [1.807, 2.05) is 39.8 Å². The minimum atomic E-state index is -4.29. The quantitative estimate of drug-likeness (QED) is 0.0298. The summed E-state index contributed by atoms with van der Waals surface area (Å²) in [5.74, 6) is -3.39. The van der Waals surface area contributed by atoms with Gasteiger partial charge in [-0.3, -0.25) is 9.59 Å². The van der Waals surface area contributed by atoms with Crippen LogP contribution in [-0.2, 0) is 68.1 Å². The van der Waals surface area contributed by atoms with Crippen LogP contribution >= 0.6 is 0 Å². The number of carbonyl (C=O) groups is 2. The van der Waals surface area contributed by atoms with Crippen LogP contribution in [0.5, 0.6) is 0 Å².